The predicted octanol–water partition coefficient (Wildman–Crippen LogP) is 1.85. The Hall–Kier alpha value is -2.96. The van der Waals surface area contributed by atoms with Gasteiger partial charge in [0.1, 0.15) is 5.82 Å². The molecule has 0 aliphatic carbocycles. The third kappa shape index (κ3) is 2.50. The molecule has 3 rings (SSSR count). The number of aromatic nitrogens is 2. The molecule has 0 saturated carbocycles. The van der Waals surface area contributed by atoms with Crippen molar-refractivity contribution in [1.82, 2.24) is 9.97 Å². The third-order valence-corrected chi connectivity index (χ3v) is 3.77. The summed E-state index contributed by atoms with van der Waals surface area (Å²) in [6.07, 6.45) is 3.00. The summed E-state index contributed by atoms with van der Waals surface area (Å²) in [7, 11) is 1.68. The lowest BCUT2D eigenvalue weighted by atomic mass is 10.1. The first kappa shape index (κ1) is 15.0. The van der Waals surface area contributed by atoms with Gasteiger partial charge >= 0.3 is 5.97 Å². The average molecular weight is 312 g/mol. The summed E-state index contributed by atoms with van der Waals surface area (Å²) in [4.78, 5) is 35.8. The normalized spacial score (nSPS) is 13.4. The molecule has 2 aromatic rings. The molecule has 1 N–H and O–H groups in total. The van der Waals surface area contributed by atoms with Crippen molar-refractivity contribution in [3.8, 4) is 0 Å². The second-order valence-corrected chi connectivity index (χ2v) is 5.24. The highest BCUT2D eigenvalue weighted by Crippen LogP contribution is 2.37. The Labute approximate surface area is 133 Å². The monoisotopic (exact) mass is 312 g/mol. The van der Waals surface area contributed by atoms with E-state index < -0.39 is 5.97 Å². The Morgan fingerprint density at radius 2 is 2.09 bits per heavy atom. The van der Waals surface area contributed by atoms with Crippen molar-refractivity contribution in [1.29, 1.82) is 0 Å². The van der Waals surface area contributed by atoms with Crippen molar-refractivity contribution in [2.75, 3.05) is 23.4 Å². The lowest BCUT2D eigenvalue weighted by molar-refractivity contribution is -0.136. The quantitative estimate of drug-likeness (QED) is 0.931. The van der Waals surface area contributed by atoms with E-state index in [1.54, 1.807) is 25.4 Å². The van der Waals surface area contributed by atoms with Gasteiger partial charge in [-0.3, -0.25) is 9.59 Å². The van der Waals surface area contributed by atoms with Crippen LogP contribution in [0.15, 0.2) is 30.6 Å². The van der Waals surface area contributed by atoms with Crippen LogP contribution in [-0.2, 0) is 11.2 Å². The summed E-state index contributed by atoms with van der Waals surface area (Å²) in [5.74, 6) is -0.0394. The Bertz CT molecular complexity index is 791. The highest BCUT2D eigenvalue weighted by molar-refractivity contribution is 6.12. The number of hydrogen-bond donors (Lipinski definition) is 1. The van der Waals surface area contributed by atoms with Crippen LogP contribution in [0.1, 0.15) is 22.8 Å². The molecular formula is C16H16N4O3. The maximum Gasteiger partial charge on any atom is 0.307 e. The second-order valence-electron chi connectivity index (χ2n) is 5.24. The van der Waals surface area contributed by atoms with Crippen LogP contribution in [0, 0.1) is 0 Å². The first-order valence-electron chi connectivity index (χ1n) is 7.24. The molecule has 23 heavy (non-hydrogen) atoms. The highest BCUT2D eigenvalue weighted by Gasteiger charge is 2.30. The summed E-state index contributed by atoms with van der Waals surface area (Å²) < 4.78 is 0. The fraction of sp³-hybridized carbons (Fsp3) is 0.250. The van der Waals surface area contributed by atoms with Gasteiger partial charge in [-0.1, -0.05) is 0 Å². The topological polar surface area (TPSA) is 86.6 Å². The van der Waals surface area contributed by atoms with Crippen LogP contribution < -0.4 is 9.80 Å². The molecule has 0 aromatic carbocycles. The fourth-order valence-electron chi connectivity index (χ4n) is 2.69. The van der Waals surface area contributed by atoms with Gasteiger partial charge < -0.3 is 14.9 Å². The van der Waals surface area contributed by atoms with Crippen LogP contribution in [0.4, 0.5) is 17.3 Å². The van der Waals surface area contributed by atoms with Crippen molar-refractivity contribution >= 4 is 29.2 Å². The molecule has 0 radical (unpaired) electrons. The van der Waals surface area contributed by atoms with Crippen LogP contribution in [-0.4, -0.2) is 40.5 Å². The Balaban J connectivity index is 2.20. The van der Waals surface area contributed by atoms with Crippen molar-refractivity contribution in [2.45, 2.75) is 13.3 Å². The Kier molecular flexibility index (Phi) is 3.69. The average Bonchev–Trinajstić information content (AvgIpc) is 2.62. The SMILES string of the molecule is CCN1c2ncc(CC(=O)O)cc2C(=O)N(C)c2cccnc21. The summed E-state index contributed by atoms with van der Waals surface area (Å²) in [6.45, 7) is 2.54. The number of carbonyl (C=O) groups excluding carboxylic acids is 1. The number of carbonyl (C=O) groups is 2. The number of hydrogen-bond acceptors (Lipinski definition) is 5. The van der Waals surface area contributed by atoms with Gasteiger partial charge in [-0.15, -0.1) is 0 Å². The van der Waals surface area contributed by atoms with Crippen LogP contribution in [0.2, 0.25) is 0 Å². The zero-order valence-electron chi connectivity index (χ0n) is 12.9. The number of aliphatic carboxylic acids is 1. The van der Waals surface area contributed by atoms with Gasteiger partial charge in [-0.2, -0.15) is 0 Å². The molecule has 3 heterocycles. The lowest BCUT2D eigenvalue weighted by Gasteiger charge is -2.22. The highest BCUT2D eigenvalue weighted by atomic mass is 16.4. The molecule has 7 heteroatoms. The maximum atomic E-state index is 12.8. The van der Waals surface area contributed by atoms with Gasteiger partial charge in [0.15, 0.2) is 5.82 Å². The first-order chi connectivity index (χ1) is 11.0. The van der Waals surface area contributed by atoms with Crippen LogP contribution >= 0.6 is 0 Å². The summed E-state index contributed by atoms with van der Waals surface area (Å²) in [5.41, 5.74) is 1.57. The number of nitrogens with zero attached hydrogens (tertiary/aromatic N) is 4. The van der Waals surface area contributed by atoms with Crippen molar-refractivity contribution in [3.63, 3.8) is 0 Å². The smallest absolute Gasteiger partial charge is 0.307 e. The number of carboxylic acids is 1. The number of rotatable bonds is 3. The van der Waals surface area contributed by atoms with E-state index in [2.05, 4.69) is 9.97 Å². The van der Waals surface area contributed by atoms with E-state index >= 15 is 0 Å². The summed E-state index contributed by atoms with van der Waals surface area (Å²) in [6, 6.07) is 5.20. The number of carboxylic acid groups (broad SMARTS) is 1. The second kappa shape index (κ2) is 5.68. The molecule has 0 saturated heterocycles. The molecule has 7 nitrogen and oxygen atoms in total. The molecule has 0 atom stereocenters. The van der Waals surface area contributed by atoms with Gasteiger partial charge in [-0.25, -0.2) is 9.97 Å². The molecule has 0 unspecified atom stereocenters. The fourth-order valence-corrected chi connectivity index (χ4v) is 2.69. The molecule has 118 valence electrons. The van der Waals surface area contributed by atoms with Gasteiger partial charge in [0, 0.05) is 26.0 Å². The first-order valence-corrected chi connectivity index (χ1v) is 7.24. The van der Waals surface area contributed by atoms with Gasteiger partial charge in [0.05, 0.1) is 17.7 Å². The molecule has 0 bridgehead atoms. The molecule has 1 amide bonds. The number of pyridine rings is 2. The van der Waals surface area contributed by atoms with E-state index in [0.717, 1.165) is 0 Å². The zero-order valence-corrected chi connectivity index (χ0v) is 12.9. The van der Waals surface area contributed by atoms with Crippen LogP contribution in [0.3, 0.4) is 0 Å². The maximum absolute atomic E-state index is 12.8. The summed E-state index contributed by atoms with van der Waals surface area (Å²) >= 11 is 0. The minimum Gasteiger partial charge on any atom is -0.481 e. The minimum atomic E-state index is -0.960. The number of fused-ring (bicyclic) bond motifs is 2. The minimum absolute atomic E-state index is 0.172. The molecule has 0 fully saturated rings. The molecule has 1 aliphatic rings. The van der Waals surface area contributed by atoms with E-state index in [4.69, 9.17) is 5.11 Å². The van der Waals surface area contributed by atoms with E-state index in [9.17, 15) is 9.59 Å². The lowest BCUT2D eigenvalue weighted by Crippen LogP contribution is -2.25. The van der Waals surface area contributed by atoms with Gasteiger partial charge in [-0.05, 0) is 30.7 Å². The number of amides is 1. The van der Waals surface area contributed by atoms with Crippen LogP contribution in [0.25, 0.3) is 0 Å². The summed E-state index contributed by atoms with van der Waals surface area (Å²) in [5, 5.41) is 8.94. The van der Waals surface area contributed by atoms with E-state index in [1.165, 1.54) is 11.1 Å². The van der Waals surface area contributed by atoms with E-state index in [-0.39, 0.29) is 12.3 Å². The Morgan fingerprint density at radius 1 is 1.30 bits per heavy atom. The van der Waals surface area contributed by atoms with Crippen molar-refractivity contribution < 1.29 is 14.7 Å². The van der Waals surface area contributed by atoms with Gasteiger partial charge in [0.25, 0.3) is 5.91 Å². The molecule has 2 aromatic heterocycles. The van der Waals surface area contributed by atoms with Gasteiger partial charge in [0.2, 0.25) is 0 Å². The molecule has 1 aliphatic heterocycles. The van der Waals surface area contributed by atoms with Crippen molar-refractivity contribution in [2.24, 2.45) is 0 Å². The van der Waals surface area contributed by atoms with Crippen LogP contribution in [0.5, 0.6) is 0 Å². The molecular weight excluding hydrogens is 296 g/mol. The largest absolute Gasteiger partial charge is 0.481 e. The molecule has 0 spiro atoms. The number of anilines is 3. The standard InChI is InChI=1S/C16H16N4O3/c1-3-20-14-11(7-10(9-18-14)8-13(21)22)16(23)19(2)12-5-4-6-17-15(12)20/h4-7,9H,3,8H2,1-2H3,(H,21,22). The zero-order chi connectivity index (χ0) is 16.6. The Morgan fingerprint density at radius 3 is 2.78 bits per heavy atom. The van der Waals surface area contributed by atoms with E-state index in [1.807, 2.05) is 17.9 Å². The predicted molar refractivity (Wildman–Crippen MR) is 85.2 cm³/mol. The van der Waals surface area contributed by atoms with E-state index in [0.29, 0.717) is 35.0 Å². The van der Waals surface area contributed by atoms with Crippen molar-refractivity contribution in [3.05, 3.63) is 41.7 Å². The third-order valence-electron chi connectivity index (χ3n) is 3.77.